The summed E-state index contributed by atoms with van der Waals surface area (Å²) in [4.78, 5) is 26.6. The van der Waals surface area contributed by atoms with Gasteiger partial charge in [-0.2, -0.15) is 0 Å². The highest BCUT2D eigenvalue weighted by Crippen LogP contribution is 2.42. The Morgan fingerprint density at radius 1 is 1.35 bits per heavy atom. The molecule has 0 unspecified atom stereocenters. The lowest BCUT2D eigenvalue weighted by Gasteiger charge is -2.03. The van der Waals surface area contributed by atoms with Gasteiger partial charge >= 0.3 is 11.1 Å². The molecule has 0 bridgehead atoms. The van der Waals surface area contributed by atoms with Gasteiger partial charge in [0.05, 0.1) is 14.3 Å². The number of oxime groups is 1. The van der Waals surface area contributed by atoms with Crippen LogP contribution in [-0.2, 0) is 4.84 Å². The average Bonchev–Trinajstić information content (AvgIpc) is 2.91. The lowest BCUT2D eigenvalue weighted by Crippen LogP contribution is -2.17. The molecule has 26 heavy (non-hydrogen) atoms. The second kappa shape index (κ2) is 10.5. The Labute approximate surface area is 174 Å². The number of nitrogens with one attached hydrogen (secondary N) is 1. The monoisotopic (exact) mass is 526 g/mol. The Kier molecular flexibility index (Phi) is 8.99. The summed E-state index contributed by atoms with van der Waals surface area (Å²) >= 11 is 12.8. The summed E-state index contributed by atoms with van der Waals surface area (Å²) in [6.45, 7) is 4.00. The fraction of sp³-hybridized carbons (Fsp3) is 0.143. The van der Waals surface area contributed by atoms with Crippen molar-refractivity contribution in [2.75, 3.05) is 5.32 Å². The minimum atomic E-state index is -0.878. The van der Waals surface area contributed by atoms with Crippen molar-refractivity contribution in [3.05, 3.63) is 53.2 Å². The summed E-state index contributed by atoms with van der Waals surface area (Å²) in [7, 11) is 0. The van der Waals surface area contributed by atoms with E-state index >= 15 is 0 Å². The molecule has 8 nitrogen and oxygen atoms in total. The molecule has 3 N–H and O–H groups in total. The van der Waals surface area contributed by atoms with E-state index in [2.05, 4.69) is 47.2 Å². The molecule has 1 aromatic heterocycles. The highest BCUT2D eigenvalue weighted by molar-refractivity contribution is 9.11. The van der Waals surface area contributed by atoms with Crippen LogP contribution in [0.5, 0.6) is 0 Å². The van der Waals surface area contributed by atoms with E-state index in [1.54, 1.807) is 24.3 Å². The number of anilines is 1. The summed E-state index contributed by atoms with van der Waals surface area (Å²) in [6.07, 6.45) is -0.878. The standard InChI is InChI=1S/C12H7Br2ClN4O4S.C2H6/c13-8-7(9(14)24-11(8)19(21)22)10(16)18-23-12(20)17-6-3-1-5(15)2-4-6;1-2/h1-4H,(H2,16,18)(H,17,20);1-2H3. The zero-order valence-electron chi connectivity index (χ0n) is 13.5. The van der Waals surface area contributed by atoms with Crippen LogP contribution in [0.2, 0.25) is 5.02 Å². The first-order chi connectivity index (χ1) is 12.3. The molecular weight excluding hydrogens is 516 g/mol. The molecule has 0 spiro atoms. The lowest BCUT2D eigenvalue weighted by atomic mass is 10.3. The van der Waals surface area contributed by atoms with Gasteiger partial charge in [0.25, 0.3) is 0 Å². The molecule has 1 amide bonds. The second-order valence-corrected chi connectivity index (χ2v) is 7.66. The van der Waals surface area contributed by atoms with Crippen LogP contribution in [0.3, 0.4) is 0 Å². The van der Waals surface area contributed by atoms with Crippen LogP contribution in [0.15, 0.2) is 37.7 Å². The van der Waals surface area contributed by atoms with Crippen molar-refractivity contribution in [3.8, 4) is 0 Å². The van der Waals surface area contributed by atoms with Crippen LogP contribution in [0.1, 0.15) is 19.4 Å². The number of nitrogens with two attached hydrogens (primary N) is 1. The zero-order chi connectivity index (χ0) is 19.9. The van der Waals surface area contributed by atoms with Crippen LogP contribution in [0, 0.1) is 10.1 Å². The molecule has 1 aromatic carbocycles. The van der Waals surface area contributed by atoms with Crippen LogP contribution >= 0.6 is 54.8 Å². The number of carbonyl (C=O) groups excluding carboxylic acids is 1. The van der Waals surface area contributed by atoms with E-state index in [0.717, 1.165) is 11.3 Å². The maximum Gasteiger partial charge on any atom is 0.437 e. The summed E-state index contributed by atoms with van der Waals surface area (Å²) in [5, 5.41) is 17.1. The molecule has 0 saturated carbocycles. The summed E-state index contributed by atoms with van der Waals surface area (Å²) in [5.41, 5.74) is 6.40. The Balaban J connectivity index is 0.00000163. The Morgan fingerprint density at radius 2 is 1.92 bits per heavy atom. The van der Waals surface area contributed by atoms with Gasteiger partial charge in [-0.25, -0.2) is 4.79 Å². The van der Waals surface area contributed by atoms with Gasteiger partial charge in [-0.1, -0.05) is 41.9 Å². The molecular formula is C14H13Br2ClN4O4S. The fourth-order valence-electron chi connectivity index (χ4n) is 1.51. The number of halogens is 3. The maximum absolute atomic E-state index is 11.7. The molecule has 1 heterocycles. The van der Waals surface area contributed by atoms with Crippen molar-refractivity contribution in [2.24, 2.45) is 10.9 Å². The highest BCUT2D eigenvalue weighted by atomic mass is 79.9. The quantitative estimate of drug-likeness (QED) is 0.173. The Hall–Kier alpha value is -1.69. The van der Waals surface area contributed by atoms with Crippen molar-refractivity contribution in [1.82, 2.24) is 0 Å². The van der Waals surface area contributed by atoms with E-state index in [1.807, 2.05) is 13.8 Å². The molecule has 12 heteroatoms. The van der Waals surface area contributed by atoms with Gasteiger partial charge in [0.2, 0.25) is 0 Å². The maximum atomic E-state index is 11.7. The van der Waals surface area contributed by atoms with Crippen LogP contribution in [-0.4, -0.2) is 16.9 Å². The largest absolute Gasteiger partial charge is 0.437 e. The first-order valence-electron chi connectivity index (χ1n) is 6.99. The Morgan fingerprint density at radius 3 is 2.42 bits per heavy atom. The number of nitrogens with zero attached hydrogens (tertiary/aromatic N) is 2. The van der Waals surface area contributed by atoms with Crippen molar-refractivity contribution in [1.29, 1.82) is 0 Å². The molecule has 0 radical (unpaired) electrons. The van der Waals surface area contributed by atoms with Crippen LogP contribution in [0.4, 0.5) is 15.5 Å². The number of benzene rings is 1. The van der Waals surface area contributed by atoms with Gasteiger partial charge in [0.1, 0.15) is 4.47 Å². The van der Waals surface area contributed by atoms with E-state index in [4.69, 9.17) is 17.3 Å². The van der Waals surface area contributed by atoms with Crippen molar-refractivity contribution >= 4 is 77.4 Å². The van der Waals surface area contributed by atoms with E-state index in [1.165, 1.54) is 0 Å². The number of thiophene rings is 1. The number of hydrogen-bond donors (Lipinski definition) is 2. The fourth-order valence-corrected chi connectivity index (χ4v) is 4.43. The summed E-state index contributed by atoms with van der Waals surface area (Å²) in [5.74, 6) is -0.204. The molecule has 0 fully saturated rings. The second-order valence-electron chi connectivity index (χ2n) is 4.11. The molecule has 0 aliphatic heterocycles. The molecule has 0 aliphatic carbocycles. The zero-order valence-corrected chi connectivity index (χ0v) is 18.2. The van der Waals surface area contributed by atoms with Gasteiger partial charge in [-0.3, -0.25) is 20.3 Å². The van der Waals surface area contributed by atoms with Crippen molar-refractivity contribution in [2.45, 2.75) is 13.8 Å². The predicted octanol–water partition coefficient (Wildman–Crippen LogP) is 5.73. The molecule has 0 atom stereocenters. The topological polar surface area (TPSA) is 120 Å². The number of hydrogen-bond acceptors (Lipinski definition) is 6. The molecule has 2 rings (SSSR count). The Bertz CT molecular complexity index is 827. The third-order valence-corrected chi connectivity index (χ3v) is 5.63. The van der Waals surface area contributed by atoms with E-state index in [9.17, 15) is 14.9 Å². The van der Waals surface area contributed by atoms with Crippen molar-refractivity contribution in [3.63, 3.8) is 0 Å². The average molecular weight is 529 g/mol. The smallest absolute Gasteiger partial charge is 0.380 e. The van der Waals surface area contributed by atoms with Crippen LogP contribution in [0.25, 0.3) is 0 Å². The molecule has 0 saturated heterocycles. The normalized spacial score (nSPS) is 10.6. The third kappa shape index (κ3) is 5.94. The van der Waals surface area contributed by atoms with E-state index in [-0.39, 0.29) is 20.9 Å². The third-order valence-electron chi connectivity index (χ3n) is 2.53. The molecule has 0 aliphatic rings. The molecule has 140 valence electrons. The van der Waals surface area contributed by atoms with Crippen LogP contribution < -0.4 is 11.1 Å². The van der Waals surface area contributed by atoms with Gasteiger partial charge in [-0.05, 0) is 56.1 Å². The van der Waals surface area contributed by atoms with Crippen molar-refractivity contribution < 1.29 is 14.6 Å². The number of amides is 1. The number of rotatable bonds is 4. The minimum absolute atomic E-state index is 0.146. The van der Waals surface area contributed by atoms with E-state index in [0.29, 0.717) is 14.5 Å². The predicted molar refractivity (Wildman–Crippen MR) is 110 cm³/mol. The number of nitro groups is 1. The minimum Gasteiger partial charge on any atom is -0.380 e. The SMILES string of the molecule is CC.N/C(=N/OC(=O)Nc1ccc(Cl)cc1)c1c(Br)sc([N+](=O)[O-])c1Br. The summed E-state index contributed by atoms with van der Waals surface area (Å²) < 4.78 is 0.524. The first kappa shape index (κ1) is 22.4. The summed E-state index contributed by atoms with van der Waals surface area (Å²) in [6, 6.07) is 6.33. The van der Waals surface area contributed by atoms with Gasteiger partial charge in [0, 0.05) is 10.7 Å². The number of carbonyl (C=O) groups is 1. The van der Waals surface area contributed by atoms with E-state index < -0.39 is 11.0 Å². The van der Waals surface area contributed by atoms with Gasteiger partial charge in [-0.15, -0.1) is 0 Å². The first-order valence-corrected chi connectivity index (χ1v) is 9.77. The lowest BCUT2D eigenvalue weighted by molar-refractivity contribution is -0.381. The number of amidine groups is 1. The highest BCUT2D eigenvalue weighted by Gasteiger charge is 2.25. The molecule has 2 aromatic rings. The van der Waals surface area contributed by atoms with Gasteiger partial charge in [0.15, 0.2) is 5.84 Å². The van der Waals surface area contributed by atoms with Gasteiger partial charge < -0.3 is 5.73 Å².